The molecule has 0 bridgehead atoms. The van der Waals surface area contributed by atoms with Crippen LogP contribution in [0.4, 0.5) is 0 Å². The molecule has 1 saturated heterocycles. The monoisotopic (exact) mass is 515 g/mol. The summed E-state index contributed by atoms with van der Waals surface area (Å²) < 4.78 is 15.9. The topological polar surface area (TPSA) is 81.2 Å². The quantitative estimate of drug-likeness (QED) is 0.432. The van der Waals surface area contributed by atoms with E-state index in [2.05, 4.69) is 4.98 Å². The lowest BCUT2D eigenvalue weighted by Gasteiger charge is -2.40. The van der Waals surface area contributed by atoms with Gasteiger partial charge in [-0.2, -0.15) is 0 Å². The van der Waals surface area contributed by atoms with Gasteiger partial charge in [0.15, 0.2) is 11.7 Å². The predicted octanol–water partition coefficient (Wildman–Crippen LogP) is 3.74. The van der Waals surface area contributed by atoms with E-state index >= 15 is 0 Å². The molecular weight excluding hydrogens is 490 g/mol. The Balaban J connectivity index is 1.38. The first-order chi connectivity index (χ1) is 17.0. The van der Waals surface area contributed by atoms with Gasteiger partial charge in [0.1, 0.15) is 6.04 Å². The standard InChI is InChI=1S/C25H26ClN3O5S/c1-32-14-21-25(31)28(9-10-29(21)23(30)15-34-24-11-20(26)16-35-24)13-17-3-5-18(6-4-17)19-7-8-22(33-2)27-12-19/h3-8,11-12,16,21H,9-10,13-15H2,1-2H3. The van der Waals surface area contributed by atoms with Crippen molar-refractivity contribution in [2.45, 2.75) is 12.6 Å². The number of pyridine rings is 1. The van der Waals surface area contributed by atoms with Gasteiger partial charge < -0.3 is 24.0 Å². The van der Waals surface area contributed by atoms with Crippen molar-refractivity contribution in [2.75, 3.05) is 40.5 Å². The lowest BCUT2D eigenvalue weighted by atomic mass is 10.0. The number of nitrogens with zero attached hydrogens (tertiary/aromatic N) is 3. The summed E-state index contributed by atoms with van der Waals surface area (Å²) in [6.45, 7) is 1.25. The Kier molecular flexibility index (Phi) is 8.22. The average molecular weight is 516 g/mol. The molecule has 2 amide bonds. The molecule has 0 aliphatic carbocycles. The molecule has 2 aromatic heterocycles. The molecule has 10 heteroatoms. The largest absolute Gasteiger partial charge is 0.481 e. The number of halogens is 1. The fraction of sp³-hybridized carbons (Fsp3) is 0.320. The minimum absolute atomic E-state index is 0.120. The van der Waals surface area contributed by atoms with Crippen LogP contribution in [0.5, 0.6) is 10.9 Å². The van der Waals surface area contributed by atoms with Crippen molar-refractivity contribution in [3.05, 3.63) is 64.6 Å². The molecule has 1 atom stereocenters. The molecule has 3 heterocycles. The summed E-state index contributed by atoms with van der Waals surface area (Å²) >= 11 is 7.22. The van der Waals surface area contributed by atoms with Gasteiger partial charge >= 0.3 is 0 Å². The van der Waals surface area contributed by atoms with Crippen LogP contribution < -0.4 is 9.47 Å². The van der Waals surface area contributed by atoms with Gasteiger partial charge in [0.05, 0.1) is 18.7 Å². The molecule has 8 nitrogen and oxygen atoms in total. The number of carbonyl (C=O) groups is 2. The summed E-state index contributed by atoms with van der Waals surface area (Å²) in [5, 5.41) is 2.86. The first-order valence-corrected chi connectivity index (χ1v) is 12.3. The summed E-state index contributed by atoms with van der Waals surface area (Å²) in [6.07, 6.45) is 1.76. The Morgan fingerprint density at radius 1 is 1.14 bits per heavy atom. The Bertz CT molecular complexity index is 1150. The second kappa shape index (κ2) is 11.5. The molecule has 1 fully saturated rings. The number of hydrogen-bond donors (Lipinski definition) is 0. The highest BCUT2D eigenvalue weighted by Gasteiger charge is 2.37. The number of thiophene rings is 1. The molecule has 0 N–H and O–H groups in total. The van der Waals surface area contributed by atoms with Crippen LogP contribution in [0.1, 0.15) is 5.56 Å². The number of ether oxygens (including phenoxy) is 3. The van der Waals surface area contributed by atoms with Crippen molar-refractivity contribution < 1.29 is 23.8 Å². The molecule has 0 spiro atoms. The van der Waals surface area contributed by atoms with Gasteiger partial charge in [0.25, 0.3) is 5.91 Å². The van der Waals surface area contributed by atoms with Crippen LogP contribution in [-0.2, 0) is 20.9 Å². The fourth-order valence-electron chi connectivity index (χ4n) is 3.89. The lowest BCUT2D eigenvalue weighted by molar-refractivity contribution is -0.155. The van der Waals surface area contributed by atoms with Crippen molar-refractivity contribution in [1.82, 2.24) is 14.8 Å². The zero-order chi connectivity index (χ0) is 24.8. The van der Waals surface area contributed by atoms with Gasteiger partial charge in [0.2, 0.25) is 11.8 Å². The highest BCUT2D eigenvalue weighted by atomic mass is 35.5. The normalized spacial score (nSPS) is 15.9. The smallest absolute Gasteiger partial charge is 0.261 e. The molecule has 1 aliphatic heterocycles. The van der Waals surface area contributed by atoms with Crippen molar-refractivity contribution in [2.24, 2.45) is 0 Å². The first kappa shape index (κ1) is 25.0. The fourth-order valence-corrected chi connectivity index (χ4v) is 4.81. The Labute approximate surface area is 213 Å². The van der Waals surface area contributed by atoms with Crippen LogP contribution >= 0.6 is 22.9 Å². The van der Waals surface area contributed by atoms with Gasteiger partial charge in [-0.3, -0.25) is 9.59 Å². The third-order valence-corrected chi connectivity index (χ3v) is 6.90. The van der Waals surface area contributed by atoms with E-state index in [1.165, 1.54) is 23.3 Å². The SMILES string of the molecule is COCC1C(=O)N(Cc2ccc(-c3ccc(OC)nc3)cc2)CCN1C(=O)COc1cc(Cl)cs1. The molecular formula is C25H26ClN3O5S. The van der Waals surface area contributed by atoms with Crippen molar-refractivity contribution in [1.29, 1.82) is 0 Å². The number of rotatable bonds is 9. The molecule has 1 unspecified atom stereocenters. The second-order valence-electron chi connectivity index (χ2n) is 7.98. The van der Waals surface area contributed by atoms with Crippen molar-refractivity contribution in [3.63, 3.8) is 0 Å². The van der Waals surface area contributed by atoms with E-state index < -0.39 is 6.04 Å². The molecule has 1 aliphatic rings. The minimum atomic E-state index is -0.693. The van der Waals surface area contributed by atoms with E-state index in [1.54, 1.807) is 29.7 Å². The van der Waals surface area contributed by atoms with E-state index in [9.17, 15) is 9.59 Å². The van der Waals surface area contributed by atoms with Crippen LogP contribution in [0.2, 0.25) is 5.02 Å². The maximum Gasteiger partial charge on any atom is 0.261 e. The average Bonchev–Trinajstić information content (AvgIpc) is 3.30. The van der Waals surface area contributed by atoms with E-state index in [1.807, 2.05) is 36.4 Å². The van der Waals surface area contributed by atoms with Crippen molar-refractivity contribution in [3.8, 4) is 22.1 Å². The molecule has 0 saturated carbocycles. The molecule has 3 aromatic rings. The number of amides is 2. The Hall–Kier alpha value is -3.14. The maximum absolute atomic E-state index is 13.2. The van der Waals surface area contributed by atoms with Gasteiger partial charge in [0, 0.05) is 56.0 Å². The summed E-state index contributed by atoms with van der Waals surface area (Å²) in [6, 6.07) is 12.7. The Morgan fingerprint density at radius 3 is 2.54 bits per heavy atom. The van der Waals surface area contributed by atoms with E-state index in [-0.39, 0.29) is 25.0 Å². The van der Waals surface area contributed by atoms with Gasteiger partial charge in [-0.15, -0.1) is 11.3 Å². The number of piperazine rings is 1. The molecule has 1 aromatic carbocycles. The third kappa shape index (κ3) is 6.11. The maximum atomic E-state index is 13.2. The van der Waals surface area contributed by atoms with Crippen LogP contribution in [0.15, 0.2) is 54.0 Å². The summed E-state index contributed by atoms with van der Waals surface area (Å²) in [5.41, 5.74) is 3.00. The minimum Gasteiger partial charge on any atom is -0.481 e. The Morgan fingerprint density at radius 2 is 1.91 bits per heavy atom. The van der Waals surface area contributed by atoms with Gasteiger partial charge in [-0.1, -0.05) is 35.9 Å². The molecule has 0 radical (unpaired) electrons. The third-order valence-electron chi connectivity index (χ3n) is 5.72. The first-order valence-electron chi connectivity index (χ1n) is 11.0. The van der Waals surface area contributed by atoms with E-state index in [0.717, 1.165) is 16.7 Å². The number of aromatic nitrogens is 1. The van der Waals surface area contributed by atoms with Crippen LogP contribution in [0, 0.1) is 0 Å². The van der Waals surface area contributed by atoms with Crippen molar-refractivity contribution >= 4 is 34.8 Å². The number of benzene rings is 1. The summed E-state index contributed by atoms with van der Waals surface area (Å²) in [5.74, 6) is 0.158. The lowest BCUT2D eigenvalue weighted by Crippen LogP contribution is -2.60. The highest BCUT2D eigenvalue weighted by molar-refractivity contribution is 7.12. The zero-order valence-corrected chi connectivity index (χ0v) is 21.1. The van der Waals surface area contributed by atoms with Crippen LogP contribution in [-0.4, -0.2) is 73.2 Å². The zero-order valence-electron chi connectivity index (χ0n) is 19.5. The van der Waals surface area contributed by atoms with E-state index in [0.29, 0.717) is 35.6 Å². The predicted molar refractivity (Wildman–Crippen MR) is 134 cm³/mol. The highest BCUT2D eigenvalue weighted by Crippen LogP contribution is 2.27. The van der Waals surface area contributed by atoms with Gasteiger partial charge in [-0.25, -0.2) is 4.98 Å². The second-order valence-corrected chi connectivity index (χ2v) is 9.29. The van der Waals surface area contributed by atoms with E-state index in [4.69, 9.17) is 25.8 Å². The van der Waals surface area contributed by atoms with Gasteiger partial charge in [-0.05, 0) is 17.2 Å². The number of carbonyl (C=O) groups excluding carboxylic acids is 2. The number of hydrogen-bond acceptors (Lipinski definition) is 7. The summed E-state index contributed by atoms with van der Waals surface area (Å²) in [4.78, 5) is 33.6. The summed E-state index contributed by atoms with van der Waals surface area (Å²) in [7, 11) is 3.10. The molecule has 184 valence electrons. The van der Waals surface area contributed by atoms with Crippen LogP contribution in [0.25, 0.3) is 11.1 Å². The molecule has 4 rings (SSSR count). The molecule has 35 heavy (non-hydrogen) atoms. The van der Waals surface area contributed by atoms with Crippen LogP contribution in [0.3, 0.4) is 0 Å². The number of methoxy groups -OCH3 is 2.